The second-order valence-electron chi connectivity index (χ2n) is 6.53. The molecule has 18 heavy (non-hydrogen) atoms. The first-order chi connectivity index (χ1) is 8.72. The fraction of sp³-hybridized carbons (Fsp3) is 0.529. The van der Waals surface area contributed by atoms with Gasteiger partial charge in [0.2, 0.25) is 0 Å². The van der Waals surface area contributed by atoms with E-state index in [0.717, 1.165) is 17.8 Å². The van der Waals surface area contributed by atoms with Crippen LogP contribution in [0.25, 0.3) is 10.9 Å². The molecule has 3 unspecified atom stereocenters. The van der Waals surface area contributed by atoms with Gasteiger partial charge >= 0.3 is 0 Å². The van der Waals surface area contributed by atoms with Gasteiger partial charge in [0.25, 0.3) is 0 Å². The van der Waals surface area contributed by atoms with E-state index in [1.807, 2.05) is 0 Å². The lowest BCUT2D eigenvalue weighted by atomic mass is 9.83. The second kappa shape index (κ2) is 3.63. The number of H-pyrrole nitrogens is 1. The predicted octanol–water partition coefficient (Wildman–Crippen LogP) is 4.69. The van der Waals surface area contributed by atoms with E-state index in [9.17, 15) is 0 Å². The highest BCUT2D eigenvalue weighted by Gasteiger charge is 2.40. The Kier molecular flexibility index (Phi) is 2.15. The van der Waals surface area contributed by atoms with Gasteiger partial charge in [-0.25, -0.2) is 0 Å². The number of nitrogens with one attached hydrogen (secondary N) is 1. The van der Waals surface area contributed by atoms with Gasteiger partial charge < -0.3 is 4.98 Å². The number of aryl methyl sites for hydroxylation is 2. The van der Waals surface area contributed by atoms with Crippen LogP contribution in [0.2, 0.25) is 0 Å². The molecule has 0 amide bonds. The molecule has 3 atom stereocenters. The monoisotopic (exact) mass is 239 g/mol. The van der Waals surface area contributed by atoms with Gasteiger partial charge in [-0.05, 0) is 68.1 Å². The Morgan fingerprint density at radius 1 is 1.11 bits per heavy atom. The third-order valence-corrected chi connectivity index (χ3v) is 5.30. The molecule has 0 radical (unpaired) electrons. The zero-order valence-corrected chi connectivity index (χ0v) is 11.3. The largest absolute Gasteiger partial charge is 0.361 e. The summed E-state index contributed by atoms with van der Waals surface area (Å²) in [6, 6.07) is 4.66. The summed E-state index contributed by atoms with van der Waals surface area (Å²) in [5.41, 5.74) is 5.74. The van der Waals surface area contributed by atoms with Gasteiger partial charge in [0.05, 0.1) is 0 Å². The van der Waals surface area contributed by atoms with E-state index >= 15 is 0 Å². The minimum atomic E-state index is 0.832. The lowest BCUT2D eigenvalue weighted by Gasteiger charge is -2.21. The maximum atomic E-state index is 3.52. The molecule has 94 valence electrons. The minimum absolute atomic E-state index is 0.832. The third kappa shape index (κ3) is 1.39. The molecule has 2 fully saturated rings. The highest BCUT2D eigenvalue weighted by Crippen LogP contribution is 2.54. The lowest BCUT2D eigenvalue weighted by Crippen LogP contribution is -2.07. The second-order valence-corrected chi connectivity index (χ2v) is 6.53. The Balaban J connectivity index is 1.86. The molecule has 1 nitrogen and oxygen atoms in total. The first-order valence-electron chi connectivity index (χ1n) is 7.30. The Morgan fingerprint density at radius 3 is 2.72 bits per heavy atom. The molecule has 1 aromatic carbocycles. The normalized spacial score (nSPS) is 30.4. The number of hydrogen-bond donors (Lipinski definition) is 1. The Hall–Kier alpha value is -1.24. The quantitative estimate of drug-likeness (QED) is 0.743. The highest BCUT2D eigenvalue weighted by molar-refractivity contribution is 5.87. The van der Waals surface area contributed by atoms with Crippen molar-refractivity contribution in [2.75, 3.05) is 0 Å². The van der Waals surface area contributed by atoms with Crippen molar-refractivity contribution >= 4 is 10.9 Å². The minimum Gasteiger partial charge on any atom is -0.361 e. The number of rotatable bonds is 1. The summed E-state index contributed by atoms with van der Waals surface area (Å²) in [5.74, 6) is 2.82. The maximum Gasteiger partial charge on any atom is 0.0486 e. The molecule has 0 spiro atoms. The molecule has 2 aromatic rings. The van der Waals surface area contributed by atoms with Crippen LogP contribution in [0.15, 0.2) is 18.3 Å². The number of aromatic amines is 1. The highest BCUT2D eigenvalue weighted by atomic mass is 14.7. The summed E-state index contributed by atoms with van der Waals surface area (Å²) in [6.07, 6.45) is 8.17. The molecular weight excluding hydrogens is 218 g/mol. The summed E-state index contributed by atoms with van der Waals surface area (Å²) >= 11 is 0. The lowest BCUT2D eigenvalue weighted by molar-refractivity contribution is 0.422. The number of fused-ring (bicyclic) bond motifs is 3. The molecule has 1 aromatic heterocycles. The van der Waals surface area contributed by atoms with Crippen molar-refractivity contribution in [1.82, 2.24) is 4.98 Å². The van der Waals surface area contributed by atoms with Crippen molar-refractivity contribution in [3.05, 3.63) is 35.0 Å². The summed E-state index contributed by atoms with van der Waals surface area (Å²) in [5, 5.41) is 1.49. The Morgan fingerprint density at radius 2 is 2.00 bits per heavy atom. The van der Waals surface area contributed by atoms with Crippen LogP contribution in [0.1, 0.15) is 48.3 Å². The van der Waals surface area contributed by atoms with E-state index in [-0.39, 0.29) is 0 Å². The standard InChI is InChI=1S/C17H21N/c1-10-5-11(2)17-15(6-10)16(9-18-17)14-8-12-3-4-13(14)7-12/h5-6,9,12-14,18H,3-4,7-8H2,1-2H3. The van der Waals surface area contributed by atoms with Gasteiger partial charge in [0.15, 0.2) is 0 Å². The van der Waals surface area contributed by atoms with E-state index in [1.54, 1.807) is 5.56 Å². The van der Waals surface area contributed by atoms with Crippen molar-refractivity contribution in [1.29, 1.82) is 0 Å². The van der Waals surface area contributed by atoms with Crippen LogP contribution in [-0.2, 0) is 0 Å². The average molecular weight is 239 g/mol. The molecular formula is C17H21N. The molecule has 2 bridgehead atoms. The predicted molar refractivity (Wildman–Crippen MR) is 76.0 cm³/mol. The third-order valence-electron chi connectivity index (χ3n) is 5.30. The van der Waals surface area contributed by atoms with Crippen molar-refractivity contribution < 1.29 is 0 Å². The molecule has 0 saturated heterocycles. The fourth-order valence-electron chi connectivity index (χ4n) is 4.55. The van der Waals surface area contributed by atoms with E-state index in [1.165, 1.54) is 47.7 Å². The van der Waals surface area contributed by atoms with Crippen molar-refractivity contribution in [2.45, 2.75) is 45.4 Å². The van der Waals surface area contributed by atoms with Gasteiger partial charge in [0.1, 0.15) is 0 Å². The van der Waals surface area contributed by atoms with Crippen LogP contribution in [-0.4, -0.2) is 4.98 Å². The summed E-state index contributed by atoms with van der Waals surface area (Å²) in [4.78, 5) is 3.52. The van der Waals surface area contributed by atoms with Crippen LogP contribution in [0.3, 0.4) is 0 Å². The first-order valence-corrected chi connectivity index (χ1v) is 7.30. The van der Waals surface area contributed by atoms with Crippen molar-refractivity contribution in [3.63, 3.8) is 0 Å². The Bertz CT molecular complexity index is 607. The SMILES string of the molecule is Cc1cc(C)c2[nH]cc(C3CC4CCC3C4)c2c1. The number of hydrogen-bond acceptors (Lipinski definition) is 0. The molecule has 0 aliphatic heterocycles. The number of benzene rings is 1. The van der Waals surface area contributed by atoms with Crippen LogP contribution >= 0.6 is 0 Å². The van der Waals surface area contributed by atoms with E-state index < -0.39 is 0 Å². The van der Waals surface area contributed by atoms with Crippen LogP contribution < -0.4 is 0 Å². The van der Waals surface area contributed by atoms with Crippen LogP contribution in [0.5, 0.6) is 0 Å². The first kappa shape index (κ1) is 10.7. The van der Waals surface area contributed by atoms with E-state index in [4.69, 9.17) is 0 Å². The van der Waals surface area contributed by atoms with Crippen molar-refractivity contribution in [3.8, 4) is 0 Å². The molecule has 2 aliphatic carbocycles. The van der Waals surface area contributed by atoms with Gasteiger partial charge in [-0.3, -0.25) is 0 Å². The smallest absolute Gasteiger partial charge is 0.0486 e. The molecule has 2 saturated carbocycles. The van der Waals surface area contributed by atoms with Crippen molar-refractivity contribution in [2.24, 2.45) is 11.8 Å². The summed E-state index contributed by atoms with van der Waals surface area (Å²) in [7, 11) is 0. The molecule has 2 aliphatic rings. The summed E-state index contributed by atoms with van der Waals surface area (Å²) in [6.45, 7) is 4.43. The average Bonchev–Trinajstić information content (AvgIpc) is 3.00. The zero-order chi connectivity index (χ0) is 12.3. The van der Waals surface area contributed by atoms with Gasteiger partial charge in [-0.1, -0.05) is 18.1 Å². The van der Waals surface area contributed by atoms with E-state index in [2.05, 4.69) is 37.2 Å². The summed E-state index contributed by atoms with van der Waals surface area (Å²) < 4.78 is 0. The molecule has 4 rings (SSSR count). The molecule has 1 heteroatoms. The van der Waals surface area contributed by atoms with Gasteiger partial charge in [0, 0.05) is 17.1 Å². The molecule has 1 heterocycles. The Labute approximate surface area is 109 Å². The van der Waals surface area contributed by atoms with E-state index in [0.29, 0.717) is 0 Å². The topological polar surface area (TPSA) is 15.8 Å². The maximum absolute atomic E-state index is 3.52. The van der Waals surface area contributed by atoms with Crippen LogP contribution in [0.4, 0.5) is 0 Å². The zero-order valence-electron chi connectivity index (χ0n) is 11.3. The number of aromatic nitrogens is 1. The van der Waals surface area contributed by atoms with Gasteiger partial charge in [-0.2, -0.15) is 0 Å². The fourth-order valence-corrected chi connectivity index (χ4v) is 4.55. The molecule has 1 N–H and O–H groups in total. The van der Waals surface area contributed by atoms with Gasteiger partial charge in [-0.15, -0.1) is 0 Å². The van der Waals surface area contributed by atoms with Crippen LogP contribution in [0, 0.1) is 25.7 Å².